The number of aromatic nitrogens is 2. The highest BCUT2D eigenvalue weighted by Crippen LogP contribution is 2.17. The Morgan fingerprint density at radius 2 is 2.00 bits per heavy atom. The molecule has 1 heterocycles. The van der Waals surface area contributed by atoms with E-state index in [9.17, 15) is 8.42 Å². The van der Waals surface area contributed by atoms with Crippen LogP contribution in [0.2, 0.25) is 0 Å². The van der Waals surface area contributed by atoms with Crippen molar-refractivity contribution in [2.75, 3.05) is 6.61 Å². The maximum atomic E-state index is 12.3. The third-order valence-corrected chi connectivity index (χ3v) is 4.65. The number of sulfonamides is 1. The molecule has 0 aliphatic heterocycles. The number of aliphatic hydroxyl groups is 1. The lowest BCUT2D eigenvalue weighted by molar-refractivity contribution is 0.269. The zero-order valence-electron chi connectivity index (χ0n) is 12.0. The predicted octanol–water partition coefficient (Wildman–Crippen LogP) is 1.22. The van der Waals surface area contributed by atoms with Crippen LogP contribution in [0.25, 0.3) is 0 Å². The van der Waals surface area contributed by atoms with Crippen LogP contribution in [0, 0.1) is 6.92 Å². The Bertz CT molecular complexity index is 693. The van der Waals surface area contributed by atoms with Crippen LogP contribution < -0.4 is 4.72 Å². The van der Waals surface area contributed by atoms with Crippen LogP contribution in [-0.2, 0) is 16.6 Å². The van der Waals surface area contributed by atoms with Crippen molar-refractivity contribution in [3.63, 3.8) is 0 Å². The van der Waals surface area contributed by atoms with E-state index in [4.69, 9.17) is 5.11 Å². The SMILES string of the molecule is Cc1ccc(C(C)NS(=O)(=O)c2cnn(CCO)c2)cc1. The second kappa shape index (κ2) is 6.38. The Balaban J connectivity index is 2.14. The first kappa shape index (κ1) is 15.7. The van der Waals surface area contributed by atoms with Crippen LogP contribution in [0.1, 0.15) is 24.1 Å². The molecule has 7 heteroatoms. The van der Waals surface area contributed by atoms with Gasteiger partial charge in [0.15, 0.2) is 0 Å². The predicted molar refractivity (Wildman–Crippen MR) is 79.2 cm³/mol. The lowest BCUT2D eigenvalue weighted by Gasteiger charge is -2.14. The summed E-state index contributed by atoms with van der Waals surface area (Å²) < 4.78 is 28.6. The molecule has 0 aliphatic carbocycles. The summed E-state index contributed by atoms with van der Waals surface area (Å²) in [4.78, 5) is 0.0925. The van der Waals surface area contributed by atoms with Gasteiger partial charge in [0, 0.05) is 12.2 Å². The van der Waals surface area contributed by atoms with Crippen molar-refractivity contribution in [1.29, 1.82) is 0 Å². The first-order valence-corrected chi connectivity index (χ1v) is 8.13. The van der Waals surface area contributed by atoms with E-state index in [2.05, 4.69) is 9.82 Å². The van der Waals surface area contributed by atoms with Crippen molar-refractivity contribution >= 4 is 10.0 Å². The quantitative estimate of drug-likeness (QED) is 0.840. The molecule has 21 heavy (non-hydrogen) atoms. The van der Waals surface area contributed by atoms with Gasteiger partial charge in [-0.05, 0) is 19.4 Å². The highest BCUT2D eigenvalue weighted by atomic mass is 32.2. The Labute approximate surface area is 124 Å². The second-order valence-corrected chi connectivity index (χ2v) is 6.63. The smallest absolute Gasteiger partial charge is 0.244 e. The molecule has 2 rings (SSSR count). The van der Waals surface area contributed by atoms with Crippen molar-refractivity contribution in [3.05, 3.63) is 47.8 Å². The van der Waals surface area contributed by atoms with Gasteiger partial charge in [-0.3, -0.25) is 4.68 Å². The fourth-order valence-electron chi connectivity index (χ4n) is 1.93. The number of hydrogen-bond donors (Lipinski definition) is 2. The van der Waals surface area contributed by atoms with Crippen LogP contribution in [0.3, 0.4) is 0 Å². The molecule has 1 atom stereocenters. The molecule has 0 saturated heterocycles. The topological polar surface area (TPSA) is 84.2 Å². The molecule has 114 valence electrons. The normalized spacial score (nSPS) is 13.3. The number of rotatable bonds is 6. The fraction of sp³-hybridized carbons (Fsp3) is 0.357. The number of aliphatic hydroxyl groups excluding tert-OH is 1. The van der Waals surface area contributed by atoms with Gasteiger partial charge in [-0.1, -0.05) is 29.8 Å². The molecule has 0 bridgehead atoms. The second-order valence-electron chi connectivity index (χ2n) is 4.92. The Morgan fingerprint density at radius 1 is 1.33 bits per heavy atom. The molecule has 0 aliphatic rings. The number of benzene rings is 1. The van der Waals surface area contributed by atoms with Crippen LogP contribution >= 0.6 is 0 Å². The Kier molecular flexibility index (Phi) is 4.76. The number of nitrogens with zero attached hydrogens (tertiary/aromatic N) is 2. The first-order valence-electron chi connectivity index (χ1n) is 6.64. The summed E-state index contributed by atoms with van der Waals surface area (Å²) in [6.07, 6.45) is 2.68. The summed E-state index contributed by atoms with van der Waals surface area (Å²) in [7, 11) is -3.63. The molecule has 0 fully saturated rings. The summed E-state index contributed by atoms with van der Waals surface area (Å²) in [6, 6.07) is 7.35. The van der Waals surface area contributed by atoms with Gasteiger partial charge in [0.05, 0.1) is 19.3 Å². The minimum Gasteiger partial charge on any atom is -0.394 e. The van der Waals surface area contributed by atoms with E-state index >= 15 is 0 Å². The van der Waals surface area contributed by atoms with Gasteiger partial charge in [-0.2, -0.15) is 5.10 Å². The van der Waals surface area contributed by atoms with Crippen molar-refractivity contribution in [3.8, 4) is 0 Å². The van der Waals surface area contributed by atoms with Gasteiger partial charge in [-0.25, -0.2) is 13.1 Å². The molecule has 1 unspecified atom stereocenters. The van der Waals surface area contributed by atoms with Gasteiger partial charge in [0.2, 0.25) is 10.0 Å². The van der Waals surface area contributed by atoms with E-state index < -0.39 is 10.0 Å². The van der Waals surface area contributed by atoms with Crippen LogP contribution in [0.15, 0.2) is 41.6 Å². The maximum absolute atomic E-state index is 12.3. The summed E-state index contributed by atoms with van der Waals surface area (Å²) in [5, 5.41) is 12.7. The molecule has 0 saturated carbocycles. The van der Waals surface area contributed by atoms with Crippen molar-refractivity contribution in [1.82, 2.24) is 14.5 Å². The van der Waals surface area contributed by atoms with E-state index in [0.29, 0.717) is 0 Å². The monoisotopic (exact) mass is 309 g/mol. The van der Waals surface area contributed by atoms with Gasteiger partial charge in [-0.15, -0.1) is 0 Å². The van der Waals surface area contributed by atoms with E-state index in [0.717, 1.165) is 11.1 Å². The van der Waals surface area contributed by atoms with E-state index in [-0.39, 0.29) is 24.1 Å². The Morgan fingerprint density at radius 3 is 2.62 bits per heavy atom. The highest BCUT2D eigenvalue weighted by Gasteiger charge is 2.20. The molecule has 2 N–H and O–H groups in total. The van der Waals surface area contributed by atoms with Gasteiger partial charge in [0.25, 0.3) is 0 Å². The molecule has 2 aromatic rings. The molecule has 1 aromatic heterocycles. The summed E-state index contributed by atoms with van der Waals surface area (Å²) in [6.45, 7) is 3.95. The average Bonchev–Trinajstić information content (AvgIpc) is 2.89. The molecular formula is C14H19N3O3S. The first-order chi connectivity index (χ1) is 9.92. The number of hydrogen-bond acceptors (Lipinski definition) is 4. The van der Waals surface area contributed by atoms with Gasteiger partial charge in [0.1, 0.15) is 4.90 Å². The minimum absolute atomic E-state index is 0.0889. The van der Waals surface area contributed by atoms with Crippen LogP contribution in [-0.4, -0.2) is 29.9 Å². The fourth-order valence-corrected chi connectivity index (χ4v) is 3.12. The zero-order chi connectivity index (χ0) is 15.5. The number of nitrogens with one attached hydrogen (secondary N) is 1. The zero-order valence-corrected chi connectivity index (χ0v) is 12.8. The molecule has 0 radical (unpaired) electrons. The standard InChI is InChI=1S/C14H19N3O3S/c1-11-3-5-13(6-4-11)12(2)16-21(19,20)14-9-15-17(10-14)7-8-18/h3-6,9-10,12,16,18H,7-8H2,1-2H3. The highest BCUT2D eigenvalue weighted by molar-refractivity contribution is 7.89. The van der Waals surface area contributed by atoms with Crippen molar-refractivity contribution < 1.29 is 13.5 Å². The van der Waals surface area contributed by atoms with Crippen molar-refractivity contribution in [2.24, 2.45) is 0 Å². The van der Waals surface area contributed by atoms with E-state index in [1.165, 1.54) is 17.1 Å². The average molecular weight is 309 g/mol. The largest absolute Gasteiger partial charge is 0.394 e. The summed E-state index contributed by atoms with van der Waals surface area (Å²) in [5.74, 6) is 0. The number of aryl methyl sites for hydroxylation is 1. The van der Waals surface area contributed by atoms with E-state index in [1.807, 2.05) is 31.2 Å². The molecule has 6 nitrogen and oxygen atoms in total. The van der Waals surface area contributed by atoms with E-state index in [1.54, 1.807) is 6.92 Å². The third kappa shape index (κ3) is 3.90. The third-order valence-electron chi connectivity index (χ3n) is 3.16. The molecule has 1 aromatic carbocycles. The van der Waals surface area contributed by atoms with Gasteiger partial charge >= 0.3 is 0 Å². The molecule has 0 spiro atoms. The maximum Gasteiger partial charge on any atom is 0.244 e. The summed E-state index contributed by atoms with van der Waals surface area (Å²) >= 11 is 0. The Hall–Kier alpha value is -1.70. The minimum atomic E-state index is -3.63. The lowest BCUT2D eigenvalue weighted by atomic mass is 10.1. The lowest BCUT2D eigenvalue weighted by Crippen LogP contribution is -2.26. The molecule has 0 amide bonds. The summed E-state index contributed by atoms with van der Waals surface area (Å²) in [5.41, 5.74) is 2.02. The molecular weight excluding hydrogens is 290 g/mol. The van der Waals surface area contributed by atoms with Crippen LogP contribution in [0.5, 0.6) is 0 Å². The van der Waals surface area contributed by atoms with Gasteiger partial charge < -0.3 is 5.11 Å². The van der Waals surface area contributed by atoms with Crippen molar-refractivity contribution in [2.45, 2.75) is 31.3 Å². The van der Waals surface area contributed by atoms with Crippen LogP contribution in [0.4, 0.5) is 0 Å².